The number of nitrogens with zero attached hydrogens (tertiary/aromatic N) is 2. The van der Waals surface area contributed by atoms with Gasteiger partial charge in [0.25, 0.3) is 0 Å². The van der Waals surface area contributed by atoms with E-state index < -0.39 is 0 Å². The molecule has 0 aliphatic carbocycles. The van der Waals surface area contributed by atoms with Crippen molar-refractivity contribution in [1.82, 2.24) is 0 Å². The van der Waals surface area contributed by atoms with Crippen LogP contribution in [0.4, 0.5) is 34.1 Å². The average molecular weight is 655 g/mol. The van der Waals surface area contributed by atoms with Crippen molar-refractivity contribution in [2.75, 3.05) is 9.80 Å². The van der Waals surface area contributed by atoms with Gasteiger partial charge in [0, 0.05) is 28.8 Å². The van der Waals surface area contributed by atoms with E-state index in [1.54, 1.807) is 0 Å². The topological polar surface area (TPSA) is 15.7 Å². The molecule has 9 rings (SSSR count). The highest BCUT2D eigenvalue weighted by Gasteiger charge is 2.27. The van der Waals surface area contributed by atoms with Gasteiger partial charge < -0.3 is 14.5 Å². The molecule has 0 radical (unpaired) electrons. The first-order valence-corrected chi connectivity index (χ1v) is 17.3. The van der Waals surface area contributed by atoms with E-state index in [-0.39, 0.29) is 0 Å². The van der Waals surface area contributed by atoms with Crippen LogP contribution in [0.3, 0.4) is 0 Å². The first-order valence-electron chi connectivity index (χ1n) is 17.3. The summed E-state index contributed by atoms with van der Waals surface area (Å²) in [4.78, 5) is 4.57. The second-order valence-corrected chi connectivity index (χ2v) is 12.6. The highest BCUT2D eigenvalue weighted by atomic mass is 16.5. The number of rotatable bonds is 7. The summed E-state index contributed by atoms with van der Waals surface area (Å²) in [6.07, 6.45) is 0. The average Bonchev–Trinajstić information content (AvgIpc) is 3.21. The molecule has 51 heavy (non-hydrogen) atoms. The second-order valence-electron chi connectivity index (χ2n) is 12.6. The van der Waals surface area contributed by atoms with Crippen molar-refractivity contribution in [3.05, 3.63) is 206 Å². The first kappa shape index (κ1) is 30.2. The molecule has 0 N–H and O–H groups in total. The van der Waals surface area contributed by atoms with Gasteiger partial charge in [0.2, 0.25) is 0 Å². The van der Waals surface area contributed by atoms with Gasteiger partial charge in [-0.15, -0.1) is 0 Å². The van der Waals surface area contributed by atoms with Gasteiger partial charge in [-0.1, -0.05) is 140 Å². The lowest BCUT2D eigenvalue weighted by Gasteiger charge is -2.34. The number of hydrogen-bond donors (Lipinski definition) is 0. The van der Waals surface area contributed by atoms with Gasteiger partial charge >= 0.3 is 0 Å². The van der Waals surface area contributed by atoms with Gasteiger partial charge in [-0.05, 0) is 94.0 Å². The molecule has 3 heteroatoms. The van der Waals surface area contributed by atoms with Crippen molar-refractivity contribution in [1.29, 1.82) is 0 Å². The maximum Gasteiger partial charge on any atom is 0.153 e. The summed E-state index contributed by atoms with van der Waals surface area (Å²) >= 11 is 0. The van der Waals surface area contributed by atoms with Gasteiger partial charge in [-0.25, -0.2) is 0 Å². The quantitative estimate of drug-likeness (QED) is 0.170. The molecule has 0 spiro atoms. The van der Waals surface area contributed by atoms with Crippen LogP contribution in [-0.4, -0.2) is 0 Å². The van der Waals surface area contributed by atoms with Crippen LogP contribution >= 0.6 is 0 Å². The molecule has 0 fully saturated rings. The van der Waals surface area contributed by atoms with Crippen molar-refractivity contribution in [3.63, 3.8) is 0 Å². The minimum absolute atomic E-state index is 0.802. The van der Waals surface area contributed by atoms with E-state index >= 15 is 0 Å². The Morgan fingerprint density at radius 2 is 0.706 bits per heavy atom. The SMILES string of the molecule is c1ccc(-c2ccc(-c3ccc(N(c4ccc(-c5ccccc5)cc4)c4ccc5c(c4)Oc4ccccc4N5c4ccccc4)cc3)cc2)cc1. The number of para-hydroxylation sites is 3. The van der Waals surface area contributed by atoms with E-state index in [1.165, 1.54) is 33.4 Å². The summed E-state index contributed by atoms with van der Waals surface area (Å²) < 4.78 is 6.62. The standard InChI is InChI=1S/C48H34N2O/c1-4-12-35(13-5-1)37-20-22-38(23-21-37)40-26-30-43(31-27-40)49(42-28-24-39(25-29-42)36-14-6-2-7-15-36)44-32-33-46-48(34-44)51-47-19-11-10-18-45(47)50(46)41-16-8-3-9-17-41/h1-34H. The van der Waals surface area contributed by atoms with Crippen molar-refractivity contribution < 1.29 is 4.74 Å². The van der Waals surface area contributed by atoms with Crippen LogP contribution < -0.4 is 14.5 Å². The lowest BCUT2D eigenvalue weighted by molar-refractivity contribution is 0.477. The molecule has 0 saturated carbocycles. The molecule has 0 unspecified atom stereocenters. The summed E-state index contributed by atoms with van der Waals surface area (Å²) in [5.74, 6) is 1.63. The largest absolute Gasteiger partial charge is 0.453 e. The Balaban J connectivity index is 1.11. The Morgan fingerprint density at radius 1 is 0.314 bits per heavy atom. The zero-order chi connectivity index (χ0) is 34.0. The molecule has 0 amide bonds. The van der Waals surface area contributed by atoms with E-state index in [0.717, 1.165) is 45.6 Å². The van der Waals surface area contributed by atoms with E-state index in [1.807, 2.05) is 18.2 Å². The number of hydrogen-bond acceptors (Lipinski definition) is 3. The molecule has 0 saturated heterocycles. The van der Waals surface area contributed by atoms with Crippen molar-refractivity contribution in [2.24, 2.45) is 0 Å². The Labute approximate surface area is 298 Å². The Kier molecular flexibility index (Phi) is 7.84. The molecule has 1 aliphatic rings. The third-order valence-corrected chi connectivity index (χ3v) is 9.47. The minimum Gasteiger partial charge on any atom is -0.453 e. The molecular formula is C48H34N2O. The Bertz CT molecular complexity index is 2410. The summed E-state index contributed by atoms with van der Waals surface area (Å²) in [6.45, 7) is 0. The Morgan fingerprint density at radius 3 is 1.24 bits per heavy atom. The first-order chi connectivity index (χ1) is 25.3. The number of ether oxygens (including phenoxy) is 1. The van der Waals surface area contributed by atoms with Crippen molar-refractivity contribution >= 4 is 34.1 Å². The van der Waals surface area contributed by atoms with Crippen LogP contribution in [0.5, 0.6) is 11.5 Å². The van der Waals surface area contributed by atoms with Crippen molar-refractivity contribution in [2.45, 2.75) is 0 Å². The van der Waals surface area contributed by atoms with E-state index in [4.69, 9.17) is 4.74 Å². The molecule has 1 heterocycles. The molecule has 0 bridgehead atoms. The highest BCUT2D eigenvalue weighted by molar-refractivity contribution is 5.89. The zero-order valence-corrected chi connectivity index (χ0v) is 27.9. The molecule has 242 valence electrons. The molecule has 0 atom stereocenters. The fourth-order valence-corrected chi connectivity index (χ4v) is 6.91. The summed E-state index contributed by atoms with van der Waals surface area (Å²) in [5.41, 5.74) is 13.4. The molecule has 8 aromatic rings. The third-order valence-electron chi connectivity index (χ3n) is 9.47. The third kappa shape index (κ3) is 5.92. The zero-order valence-electron chi connectivity index (χ0n) is 27.9. The van der Waals surface area contributed by atoms with Crippen molar-refractivity contribution in [3.8, 4) is 44.9 Å². The van der Waals surface area contributed by atoms with Gasteiger partial charge in [0.1, 0.15) is 0 Å². The van der Waals surface area contributed by atoms with Crippen LogP contribution in [0.2, 0.25) is 0 Å². The summed E-state index contributed by atoms with van der Waals surface area (Å²) in [5, 5.41) is 0. The van der Waals surface area contributed by atoms with Gasteiger partial charge in [0.15, 0.2) is 11.5 Å². The Hall–Kier alpha value is -6.84. The smallest absolute Gasteiger partial charge is 0.153 e. The fourth-order valence-electron chi connectivity index (χ4n) is 6.91. The molecule has 0 aromatic heterocycles. The number of anilines is 6. The van der Waals surface area contributed by atoms with E-state index in [2.05, 4.69) is 198 Å². The lowest BCUT2D eigenvalue weighted by Crippen LogP contribution is -2.16. The molecule has 3 nitrogen and oxygen atoms in total. The maximum atomic E-state index is 6.62. The highest BCUT2D eigenvalue weighted by Crippen LogP contribution is 2.52. The number of fused-ring (bicyclic) bond motifs is 2. The molecule has 1 aliphatic heterocycles. The normalized spacial score (nSPS) is 11.6. The van der Waals surface area contributed by atoms with Crippen LogP contribution in [0.25, 0.3) is 33.4 Å². The van der Waals surface area contributed by atoms with E-state index in [0.29, 0.717) is 0 Å². The predicted molar refractivity (Wildman–Crippen MR) is 212 cm³/mol. The monoisotopic (exact) mass is 654 g/mol. The van der Waals surface area contributed by atoms with Gasteiger partial charge in [-0.2, -0.15) is 0 Å². The van der Waals surface area contributed by atoms with Gasteiger partial charge in [-0.3, -0.25) is 0 Å². The fraction of sp³-hybridized carbons (Fsp3) is 0. The van der Waals surface area contributed by atoms with Gasteiger partial charge in [0.05, 0.1) is 11.4 Å². The van der Waals surface area contributed by atoms with E-state index in [9.17, 15) is 0 Å². The van der Waals surface area contributed by atoms with Crippen LogP contribution in [-0.2, 0) is 0 Å². The molecule has 8 aromatic carbocycles. The molecular weight excluding hydrogens is 621 g/mol. The predicted octanol–water partition coefficient (Wildman–Crippen LogP) is 13.7. The summed E-state index contributed by atoms with van der Waals surface area (Å²) in [6, 6.07) is 72.6. The second kappa shape index (κ2) is 13.2. The minimum atomic E-state index is 0.802. The lowest BCUT2D eigenvalue weighted by atomic mass is 10.00. The summed E-state index contributed by atoms with van der Waals surface area (Å²) in [7, 11) is 0. The van der Waals surface area contributed by atoms with Crippen LogP contribution in [0.15, 0.2) is 206 Å². The van der Waals surface area contributed by atoms with Crippen LogP contribution in [0.1, 0.15) is 0 Å². The van der Waals surface area contributed by atoms with Crippen LogP contribution in [0, 0.1) is 0 Å². The number of benzene rings is 8. The maximum absolute atomic E-state index is 6.62.